The van der Waals surface area contributed by atoms with E-state index in [4.69, 9.17) is 0 Å². The van der Waals surface area contributed by atoms with Gasteiger partial charge in [0.25, 0.3) is 0 Å². The van der Waals surface area contributed by atoms with Crippen LogP contribution in [0.5, 0.6) is 0 Å². The van der Waals surface area contributed by atoms with Gasteiger partial charge < -0.3 is 5.32 Å². The molecule has 4 nitrogen and oxygen atoms in total. The summed E-state index contributed by atoms with van der Waals surface area (Å²) >= 11 is 1.99. The first-order chi connectivity index (χ1) is 8.91. The summed E-state index contributed by atoms with van der Waals surface area (Å²) in [6.45, 7) is 10.2. The fraction of sp³-hybridized carbons (Fsp3) is 0.857. The third-order valence-corrected chi connectivity index (χ3v) is 5.20. The molecule has 0 unspecified atom stereocenters. The van der Waals surface area contributed by atoms with E-state index in [-0.39, 0.29) is 11.8 Å². The van der Waals surface area contributed by atoms with Crippen LogP contribution in [0.25, 0.3) is 0 Å². The maximum absolute atomic E-state index is 12.1. The summed E-state index contributed by atoms with van der Waals surface area (Å²) in [5, 5.41) is 12.7. The molecule has 1 aliphatic rings. The zero-order chi connectivity index (χ0) is 14.5. The molecule has 1 N–H and O–H groups in total. The molecule has 0 aliphatic carbocycles. The molecule has 1 heterocycles. The van der Waals surface area contributed by atoms with Gasteiger partial charge in [-0.3, -0.25) is 9.69 Å². The van der Waals surface area contributed by atoms with Crippen molar-refractivity contribution in [3.63, 3.8) is 0 Å². The second-order valence-electron chi connectivity index (χ2n) is 5.65. The first-order valence-electron chi connectivity index (χ1n) is 6.97. The molecule has 0 radical (unpaired) electrons. The lowest BCUT2D eigenvalue weighted by molar-refractivity contribution is -0.123. The topological polar surface area (TPSA) is 56.1 Å². The number of hydrogen-bond acceptors (Lipinski definition) is 4. The summed E-state index contributed by atoms with van der Waals surface area (Å²) < 4.78 is 0. The van der Waals surface area contributed by atoms with Gasteiger partial charge in [-0.05, 0) is 19.3 Å². The van der Waals surface area contributed by atoms with E-state index in [0.29, 0.717) is 11.8 Å². The highest BCUT2D eigenvalue weighted by Crippen LogP contribution is 2.21. The zero-order valence-corrected chi connectivity index (χ0v) is 13.2. The van der Waals surface area contributed by atoms with Crippen LogP contribution in [0.2, 0.25) is 0 Å². The molecule has 0 aromatic carbocycles. The van der Waals surface area contributed by atoms with Crippen molar-refractivity contribution in [2.24, 2.45) is 5.92 Å². The Kier molecular flexibility index (Phi) is 6.15. The van der Waals surface area contributed by atoms with E-state index in [9.17, 15) is 10.1 Å². The molecular formula is C14H25N3OS. The van der Waals surface area contributed by atoms with Crippen molar-refractivity contribution < 1.29 is 4.79 Å². The first-order valence-corrected chi connectivity index (χ1v) is 8.02. The molecule has 0 aromatic heterocycles. The smallest absolute Gasteiger partial charge is 0.235 e. The minimum atomic E-state index is -0.772. The number of rotatable bonds is 5. The van der Waals surface area contributed by atoms with Crippen molar-refractivity contribution in [1.29, 1.82) is 5.26 Å². The van der Waals surface area contributed by atoms with Crippen LogP contribution in [-0.4, -0.2) is 47.0 Å². The molecular weight excluding hydrogens is 258 g/mol. The van der Waals surface area contributed by atoms with Gasteiger partial charge >= 0.3 is 0 Å². The Hall–Kier alpha value is -0.730. The lowest BCUT2D eigenvalue weighted by Crippen LogP contribution is -2.53. The van der Waals surface area contributed by atoms with Crippen molar-refractivity contribution in [2.75, 3.05) is 25.4 Å². The molecule has 0 saturated carbocycles. The standard InChI is InChI=1S/C14H25N3OS/c1-5-12-8-17(6-7-19-12)9-13(18)16-14(4,10-15)11(2)3/h11-12H,5-9H2,1-4H3,(H,16,18)/t12-,14-/m0/s1. The fourth-order valence-corrected chi connectivity index (χ4v) is 3.25. The van der Waals surface area contributed by atoms with Crippen LogP contribution in [0.1, 0.15) is 34.1 Å². The second kappa shape index (κ2) is 7.16. The van der Waals surface area contributed by atoms with Crippen LogP contribution >= 0.6 is 11.8 Å². The van der Waals surface area contributed by atoms with Crippen LogP contribution < -0.4 is 5.32 Å². The quantitative estimate of drug-likeness (QED) is 0.837. The second-order valence-corrected chi connectivity index (χ2v) is 7.06. The monoisotopic (exact) mass is 283 g/mol. The molecule has 0 bridgehead atoms. The Bertz CT molecular complexity index is 353. The van der Waals surface area contributed by atoms with E-state index in [1.165, 1.54) is 0 Å². The third-order valence-electron chi connectivity index (χ3n) is 3.83. The number of hydrogen-bond donors (Lipinski definition) is 1. The third kappa shape index (κ3) is 4.70. The molecule has 1 saturated heterocycles. The highest BCUT2D eigenvalue weighted by Gasteiger charge is 2.31. The average molecular weight is 283 g/mol. The molecule has 5 heteroatoms. The van der Waals surface area contributed by atoms with Gasteiger partial charge in [0.1, 0.15) is 5.54 Å². The molecule has 1 fully saturated rings. The summed E-state index contributed by atoms with van der Waals surface area (Å²) in [4.78, 5) is 14.3. The number of nitrogens with zero attached hydrogens (tertiary/aromatic N) is 2. The van der Waals surface area contributed by atoms with Gasteiger partial charge in [-0.2, -0.15) is 17.0 Å². The lowest BCUT2D eigenvalue weighted by Gasteiger charge is -2.33. The lowest BCUT2D eigenvalue weighted by atomic mass is 9.90. The number of carbonyl (C=O) groups is 1. The minimum Gasteiger partial charge on any atom is -0.337 e. The Balaban J connectivity index is 2.49. The van der Waals surface area contributed by atoms with E-state index >= 15 is 0 Å². The highest BCUT2D eigenvalue weighted by molar-refractivity contribution is 8.00. The van der Waals surface area contributed by atoms with Gasteiger partial charge in [-0.1, -0.05) is 20.8 Å². The van der Waals surface area contributed by atoms with Crippen LogP contribution in [-0.2, 0) is 4.79 Å². The van der Waals surface area contributed by atoms with Crippen molar-refractivity contribution >= 4 is 17.7 Å². The van der Waals surface area contributed by atoms with Crippen molar-refractivity contribution in [1.82, 2.24) is 10.2 Å². The molecule has 0 aromatic rings. The zero-order valence-electron chi connectivity index (χ0n) is 12.4. The number of nitrogens with one attached hydrogen (secondary N) is 1. The summed E-state index contributed by atoms with van der Waals surface area (Å²) in [5.74, 6) is 1.15. The van der Waals surface area contributed by atoms with Gasteiger partial charge in [0.05, 0.1) is 12.6 Å². The van der Waals surface area contributed by atoms with E-state index in [1.54, 1.807) is 6.92 Å². The van der Waals surface area contributed by atoms with Crippen LogP contribution in [0.4, 0.5) is 0 Å². The van der Waals surface area contributed by atoms with Gasteiger partial charge in [0, 0.05) is 24.1 Å². The fourth-order valence-electron chi connectivity index (χ4n) is 2.00. The molecule has 1 aliphatic heterocycles. The molecule has 1 amide bonds. The van der Waals surface area contributed by atoms with Gasteiger partial charge in [0.15, 0.2) is 0 Å². The Labute approximate surface area is 120 Å². The van der Waals surface area contributed by atoms with Gasteiger partial charge in [-0.15, -0.1) is 0 Å². The van der Waals surface area contributed by atoms with Crippen LogP contribution in [0.3, 0.4) is 0 Å². The number of thioether (sulfide) groups is 1. The molecule has 1 rings (SSSR count). The highest BCUT2D eigenvalue weighted by atomic mass is 32.2. The number of nitriles is 1. The van der Waals surface area contributed by atoms with E-state index in [1.807, 2.05) is 25.6 Å². The van der Waals surface area contributed by atoms with Gasteiger partial charge in [0.2, 0.25) is 5.91 Å². The predicted octanol–water partition coefficient (Wildman–Crippen LogP) is 1.87. The molecule has 2 atom stereocenters. The van der Waals surface area contributed by atoms with Crippen molar-refractivity contribution in [3.05, 3.63) is 0 Å². The summed E-state index contributed by atoms with van der Waals surface area (Å²) in [5.41, 5.74) is -0.772. The SMILES string of the molecule is CC[C@H]1CN(CC(=O)N[C@@](C)(C#N)C(C)C)CCS1. The van der Waals surface area contributed by atoms with E-state index in [0.717, 1.165) is 25.3 Å². The Morgan fingerprint density at radius 3 is 2.84 bits per heavy atom. The Morgan fingerprint density at radius 2 is 2.32 bits per heavy atom. The number of amides is 1. The maximum Gasteiger partial charge on any atom is 0.235 e. The number of carbonyl (C=O) groups excluding carboxylic acids is 1. The normalized spacial score (nSPS) is 23.7. The first kappa shape index (κ1) is 16.3. The maximum atomic E-state index is 12.1. The van der Waals surface area contributed by atoms with Crippen LogP contribution in [0.15, 0.2) is 0 Å². The summed E-state index contributed by atoms with van der Waals surface area (Å²) in [6.07, 6.45) is 1.14. The van der Waals surface area contributed by atoms with Gasteiger partial charge in [-0.25, -0.2) is 0 Å². The molecule has 108 valence electrons. The van der Waals surface area contributed by atoms with Crippen LogP contribution in [0, 0.1) is 17.2 Å². The van der Waals surface area contributed by atoms with E-state index < -0.39 is 5.54 Å². The minimum absolute atomic E-state index is 0.0421. The van der Waals surface area contributed by atoms with Crippen molar-refractivity contribution in [3.8, 4) is 6.07 Å². The Morgan fingerprint density at radius 1 is 1.63 bits per heavy atom. The summed E-state index contributed by atoms with van der Waals surface area (Å²) in [7, 11) is 0. The largest absolute Gasteiger partial charge is 0.337 e. The summed E-state index contributed by atoms with van der Waals surface area (Å²) in [6, 6.07) is 2.21. The van der Waals surface area contributed by atoms with E-state index in [2.05, 4.69) is 23.2 Å². The molecule has 19 heavy (non-hydrogen) atoms. The van der Waals surface area contributed by atoms with Crippen molar-refractivity contribution in [2.45, 2.75) is 44.9 Å². The molecule has 0 spiro atoms. The predicted molar refractivity (Wildman–Crippen MR) is 80.0 cm³/mol. The average Bonchev–Trinajstić information content (AvgIpc) is 2.38.